The summed E-state index contributed by atoms with van der Waals surface area (Å²) in [6, 6.07) is 4.17. The highest BCUT2D eigenvalue weighted by atomic mass is 19.4. The number of rotatable bonds is 19. The van der Waals surface area contributed by atoms with Crippen LogP contribution in [0.4, 0.5) is 50.7 Å². The summed E-state index contributed by atoms with van der Waals surface area (Å²) in [4.78, 5) is 66.8. The van der Waals surface area contributed by atoms with E-state index in [9.17, 15) is 50.6 Å². The van der Waals surface area contributed by atoms with Crippen LogP contribution in [0.15, 0.2) is 61.1 Å². The lowest BCUT2D eigenvalue weighted by atomic mass is 9.82. The lowest BCUT2D eigenvalue weighted by Gasteiger charge is -2.42. The lowest BCUT2D eigenvalue weighted by Crippen LogP contribution is -2.63. The molecule has 4 amide bonds. The van der Waals surface area contributed by atoms with Gasteiger partial charge in [-0.1, -0.05) is 24.0 Å². The van der Waals surface area contributed by atoms with Crippen molar-refractivity contribution in [2.24, 2.45) is 10.8 Å². The molecule has 432 valence electrons. The molecule has 6 atom stereocenters. The Bertz CT molecular complexity index is 2940. The highest BCUT2D eigenvalue weighted by molar-refractivity contribution is 5.87. The number of anilines is 1. The number of hydrogen-bond donors (Lipinski definition) is 5. The van der Waals surface area contributed by atoms with E-state index in [0.717, 1.165) is 71.9 Å². The van der Waals surface area contributed by atoms with Crippen molar-refractivity contribution in [1.82, 2.24) is 51.0 Å². The summed E-state index contributed by atoms with van der Waals surface area (Å²) in [5, 5.41) is 23.2. The van der Waals surface area contributed by atoms with Gasteiger partial charge in [-0.3, -0.25) is 24.6 Å². The van der Waals surface area contributed by atoms with E-state index in [2.05, 4.69) is 56.9 Å². The van der Waals surface area contributed by atoms with Gasteiger partial charge in [0, 0.05) is 73.5 Å². The van der Waals surface area contributed by atoms with E-state index in [1.54, 1.807) is 35.4 Å². The Morgan fingerprint density at radius 1 is 0.775 bits per heavy atom. The Balaban J connectivity index is 1.07. The average molecular weight is 1130 g/mol. The molecule has 5 N–H and O–H groups in total. The van der Waals surface area contributed by atoms with Crippen LogP contribution in [0.5, 0.6) is 0 Å². The zero-order valence-electron chi connectivity index (χ0n) is 44.4. The van der Waals surface area contributed by atoms with E-state index in [1.165, 1.54) is 18.2 Å². The number of aliphatic hydroxyl groups is 1. The third-order valence-electron chi connectivity index (χ3n) is 15.1. The van der Waals surface area contributed by atoms with Crippen molar-refractivity contribution in [3.8, 4) is 23.1 Å². The van der Waals surface area contributed by atoms with E-state index < -0.39 is 108 Å². The van der Waals surface area contributed by atoms with E-state index in [0.29, 0.717) is 67.4 Å². The number of nitrogens with one attached hydrogen (secondary N) is 4. The molecule has 8 rings (SSSR count). The van der Waals surface area contributed by atoms with Crippen LogP contribution in [-0.4, -0.2) is 161 Å². The Kier molecular flexibility index (Phi) is 17.3. The second-order valence-electron chi connectivity index (χ2n) is 21.5. The number of aliphatic hydroxyl groups excluding tert-OH is 1. The molecular formula is C53H61F8N11O8. The van der Waals surface area contributed by atoms with Crippen LogP contribution in [0.25, 0.3) is 11.3 Å². The molecule has 19 nitrogen and oxygen atoms in total. The van der Waals surface area contributed by atoms with Crippen LogP contribution in [0.3, 0.4) is 0 Å². The molecule has 2 bridgehead atoms. The Labute approximate surface area is 455 Å². The summed E-state index contributed by atoms with van der Waals surface area (Å²) in [5.41, 5.74) is -3.25. The van der Waals surface area contributed by atoms with Crippen molar-refractivity contribution in [3.63, 3.8) is 0 Å². The van der Waals surface area contributed by atoms with Gasteiger partial charge in [0.25, 0.3) is 5.91 Å². The van der Waals surface area contributed by atoms with E-state index in [-0.39, 0.29) is 23.3 Å². The summed E-state index contributed by atoms with van der Waals surface area (Å²) in [6.07, 6.45) is -8.16. The first-order valence-corrected chi connectivity index (χ1v) is 25.6. The topological polar surface area (TPSA) is 218 Å². The van der Waals surface area contributed by atoms with Crippen LogP contribution in [0.1, 0.15) is 75.3 Å². The van der Waals surface area contributed by atoms with Crippen LogP contribution in [0.2, 0.25) is 0 Å². The van der Waals surface area contributed by atoms with Gasteiger partial charge in [0.15, 0.2) is 0 Å². The van der Waals surface area contributed by atoms with Gasteiger partial charge in [-0.2, -0.15) is 31.4 Å². The number of halogens is 8. The molecule has 5 heterocycles. The Morgan fingerprint density at radius 2 is 1.35 bits per heavy atom. The number of amides is 4. The molecule has 1 saturated carbocycles. The number of ether oxygens (including phenoxy) is 3. The second-order valence-corrected chi connectivity index (χ2v) is 21.5. The fraction of sp³-hybridized carbons (Fsp3) is 0.528. The summed E-state index contributed by atoms with van der Waals surface area (Å²) in [7, 11) is 1.67. The van der Waals surface area contributed by atoms with Crippen molar-refractivity contribution in [2.45, 2.75) is 121 Å². The minimum absolute atomic E-state index is 0.00382. The first kappa shape index (κ1) is 59.0. The molecule has 3 aliphatic heterocycles. The van der Waals surface area contributed by atoms with Gasteiger partial charge in [0.05, 0.1) is 73.8 Å². The van der Waals surface area contributed by atoms with Crippen molar-refractivity contribution in [1.29, 1.82) is 0 Å². The van der Waals surface area contributed by atoms with Gasteiger partial charge in [-0.05, 0) is 89.3 Å². The summed E-state index contributed by atoms with van der Waals surface area (Å²) >= 11 is 0. The zero-order chi connectivity index (χ0) is 58.1. The number of fused-ring (bicyclic) bond motifs is 2. The van der Waals surface area contributed by atoms with E-state index >= 15 is 8.78 Å². The normalized spacial score (nSPS) is 19.3. The molecule has 3 saturated heterocycles. The Hall–Kier alpha value is -7.15. The van der Waals surface area contributed by atoms with Gasteiger partial charge in [0.1, 0.15) is 23.7 Å². The quantitative estimate of drug-likeness (QED) is 0.0442. The number of hydrazine groups is 1. The van der Waals surface area contributed by atoms with Gasteiger partial charge in [-0.15, -0.1) is 0 Å². The number of piperazine rings is 1. The fourth-order valence-corrected chi connectivity index (χ4v) is 9.69. The number of carbonyl (C=O) groups excluding carboxylic acids is 4. The third kappa shape index (κ3) is 13.2. The summed E-state index contributed by atoms with van der Waals surface area (Å²) in [6.45, 7) is 3.55. The number of aromatic nitrogens is 4. The summed E-state index contributed by atoms with van der Waals surface area (Å²) < 4.78 is 136. The Morgan fingerprint density at radius 3 is 1.86 bits per heavy atom. The SMILES string of the molecule is COC(=O)N[C@H](C(=O)N[C@@H](Cc1ccc(C#Cc2cnc(N3C[C@@H]4C[C@H]3CN4C3COC3)nc2)cc1)[C@@H](O)CN(Cc1c(F)cc(-c2ccn(C3CC3)n2)cc1F)NC(=O)[C@@H](NC(=O)OC)C(C)(C)C(F)(F)F)C(C)(C)C(F)(F)F. The number of nitrogens with zero attached hydrogens (tertiary/aromatic N) is 7. The largest absolute Gasteiger partial charge is 0.453 e. The molecular weight excluding hydrogens is 1070 g/mol. The predicted octanol–water partition coefficient (Wildman–Crippen LogP) is 5.56. The summed E-state index contributed by atoms with van der Waals surface area (Å²) in [5.74, 6) is 1.02. The standard InChI is InChI=1S/C53H61F8N11O8/c1-50(2,52(56,57)58)43(65-48(76)78-5)45(74)64-41(17-30-10-7-29(8-11-30)9-12-31-21-62-47(63-22-31)71-24-34-20-35(71)23-70(34)36-27-80-28-36)42(73)26-69(68-46(75)44(66-49(77)79-6)51(3,4)53(59,60)61)25-37-38(54)18-32(19-39(37)55)40-15-16-72(67-40)33-13-14-33/h7-8,10-11,15-16,18-19,21-22,33-36,41-44,73H,13-14,17,20,23-28H2,1-6H3,(H,64,74)(H,65,76)(H,66,77)(H,68,75)/t34-,35-,41-,42-,43+,44+/m0/s1. The first-order valence-electron chi connectivity index (χ1n) is 25.6. The number of carbonyl (C=O) groups is 4. The smallest absolute Gasteiger partial charge is 0.407 e. The second kappa shape index (κ2) is 23.5. The van der Waals surface area contributed by atoms with Crippen molar-refractivity contribution in [3.05, 3.63) is 94.9 Å². The predicted molar refractivity (Wildman–Crippen MR) is 270 cm³/mol. The maximum absolute atomic E-state index is 16.2. The number of methoxy groups -OCH3 is 2. The molecule has 2 aromatic heterocycles. The van der Waals surface area contributed by atoms with Crippen molar-refractivity contribution in [2.75, 3.05) is 52.0 Å². The van der Waals surface area contributed by atoms with Gasteiger partial charge in [-0.25, -0.2) is 33.3 Å². The maximum Gasteiger partial charge on any atom is 0.407 e. The molecule has 2 aromatic carbocycles. The molecule has 80 heavy (non-hydrogen) atoms. The molecule has 4 fully saturated rings. The molecule has 0 radical (unpaired) electrons. The molecule has 4 aromatic rings. The lowest BCUT2D eigenvalue weighted by molar-refractivity contribution is -0.221. The van der Waals surface area contributed by atoms with Crippen molar-refractivity contribution < 1.29 is 73.6 Å². The number of alkyl halides is 6. The van der Waals surface area contributed by atoms with Crippen LogP contribution >= 0.6 is 0 Å². The third-order valence-corrected chi connectivity index (χ3v) is 15.1. The molecule has 4 aliphatic rings. The molecule has 1 aliphatic carbocycles. The van der Waals surface area contributed by atoms with Crippen LogP contribution in [-0.2, 0) is 36.8 Å². The highest BCUT2D eigenvalue weighted by Crippen LogP contribution is 2.42. The van der Waals surface area contributed by atoms with Crippen LogP contribution < -0.4 is 26.3 Å². The van der Waals surface area contributed by atoms with Crippen molar-refractivity contribution >= 4 is 29.9 Å². The van der Waals surface area contributed by atoms with E-state index in [1.807, 2.05) is 10.6 Å². The highest BCUT2D eigenvalue weighted by Gasteiger charge is 2.57. The zero-order valence-corrected chi connectivity index (χ0v) is 44.4. The maximum atomic E-state index is 16.2. The number of alkyl carbamates (subject to hydrolysis) is 2. The molecule has 0 unspecified atom stereocenters. The number of hydrogen-bond acceptors (Lipinski definition) is 14. The monoisotopic (exact) mass is 1130 g/mol. The van der Waals surface area contributed by atoms with E-state index in [4.69, 9.17) is 4.74 Å². The van der Waals surface area contributed by atoms with Crippen LogP contribution in [0, 0.1) is 34.3 Å². The minimum Gasteiger partial charge on any atom is -0.453 e. The van der Waals surface area contributed by atoms with Gasteiger partial charge < -0.3 is 40.2 Å². The average Bonchev–Trinajstić information content (AvgIpc) is 3.92. The number of likely N-dealkylation sites (tertiary alicyclic amines) is 1. The fourth-order valence-electron chi connectivity index (χ4n) is 9.69. The minimum atomic E-state index is -5.18. The molecule has 0 spiro atoms. The first-order chi connectivity index (χ1) is 37.7. The number of benzene rings is 2. The van der Waals surface area contributed by atoms with Gasteiger partial charge in [0.2, 0.25) is 11.9 Å². The molecule has 27 heteroatoms. The van der Waals surface area contributed by atoms with Gasteiger partial charge >= 0.3 is 24.5 Å².